The summed E-state index contributed by atoms with van der Waals surface area (Å²) in [7, 11) is 2.17. The fraction of sp³-hybridized carbons (Fsp3) is 0.786. The summed E-state index contributed by atoms with van der Waals surface area (Å²) >= 11 is 0. The SMILES string of the molecule is C=CC(=O)OC(C)[N+](C)(CCCC)CCCC. The Morgan fingerprint density at radius 1 is 1.29 bits per heavy atom. The Morgan fingerprint density at radius 2 is 1.76 bits per heavy atom. The van der Waals surface area contributed by atoms with E-state index in [9.17, 15) is 4.79 Å². The summed E-state index contributed by atoms with van der Waals surface area (Å²) < 4.78 is 6.18. The van der Waals surface area contributed by atoms with E-state index in [-0.39, 0.29) is 12.2 Å². The minimum Gasteiger partial charge on any atom is -0.410 e. The molecule has 0 radical (unpaired) electrons. The van der Waals surface area contributed by atoms with Crippen molar-refractivity contribution in [2.75, 3.05) is 20.1 Å². The van der Waals surface area contributed by atoms with Gasteiger partial charge in [-0.15, -0.1) is 0 Å². The highest BCUT2D eigenvalue weighted by Gasteiger charge is 2.30. The third-order valence-corrected chi connectivity index (χ3v) is 3.38. The topological polar surface area (TPSA) is 26.3 Å². The average molecular weight is 242 g/mol. The van der Waals surface area contributed by atoms with Crippen LogP contribution in [0.15, 0.2) is 12.7 Å². The number of rotatable bonds is 9. The van der Waals surface area contributed by atoms with Gasteiger partial charge in [0.1, 0.15) is 0 Å². The largest absolute Gasteiger partial charge is 0.410 e. The number of hydrogen-bond donors (Lipinski definition) is 0. The van der Waals surface area contributed by atoms with Crippen molar-refractivity contribution in [2.24, 2.45) is 0 Å². The fourth-order valence-electron chi connectivity index (χ4n) is 1.86. The second kappa shape index (κ2) is 8.29. The van der Waals surface area contributed by atoms with Gasteiger partial charge in [0.05, 0.1) is 20.1 Å². The van der Waals surface area contributed by atoms with E-state index < -0.39 is 0 Å². The predicted molar refractivity (Wildman–Crippen MR) is 71.5 cm³/mol. The van der Waals surface area contributed by atoms with Crippen molar-refractivity contribution in [3.63, 3.8) is 0 Å². The van der Waals surface area contributed by atoms with E-state index in [2.05, 4.69) is 27.5 Å². The lowest BCUT2D eigenvalue weighted by Crippen LogP contribution is -2.53. The molecule has 0 aliphatic carbocycles. The Bertz CT molecular complexity index is 230. The first-order valence-electron chi connectivity index (χ1n) is 6.67. The standard InChI is InChI=1S/C14H28NO2/c1-6-9-11-15(5,12-10-7-2)13(4)17-14(16)8-3/h8,13H,3,6-7,9-12H2,1-2,4-5H3/q+1. The molecule has 0 fully saturated rings. The van der Waals surface area contributed by atoms with Crippen LogP contribution in [0.25, 0.3) is 0 Å². The molecule has 0 saturated heterocycles. The summed E-state index contributed by atoms with van der Waals surface area (Å²) in [5.41, 5.74) is 0. The monoisotopic (exact) mass is 242 g/mol. The van der Waals surface area contributed by atoms with Gasteiger partial charge in [0.2, 0.25) is 6.23 Å². The van der Waals surface area contributed by atoms with Crippen LogP contribution in [0.2, 0.25) is 0 Å². The number of unbranched alkanes of at least 4 members (excludes halogenated alkanes) is 2. The molecule has 0 heterocycles. The summed E-state index contributed by atoms with van der Waals surface area (Å²) in [6.45, 7) is 11.9. The summed E-state index contributed by atoms with van der Waals surface area (Å²) in [5, 5.41) is 0. The van der Waals surface area contributed by atoms with Gasteiger partial charge >= 0.3 is 5.97 Å². The molecular formula is C14H28NO2+. The maximum Gasteiger partial charge on any atom is 0.334 e. The number of quaternary nitrogens is 1. The maximum absolute atomic E-state index is 11.3. The molecule has 17 heavy (non-hydrogen) atoms. The van der Waals surface area contributed by atoms with Crippen molar-refractivity contribution in [1.82, 2.24) is 0 Å². The predicted octanol–water partition coefficient (Wildman–Crippen LogP) is 3.11. The Hall–Kier alpha value is -0.830. The fourth-order valence-corrected chi connectivity index (χ4v) is 1.86. The Balaban J connectivity index is 4.51. The van der Waals surface area contributed by atoms with Crippen molar-refractivity contribution in [2.45, 2.75) is 52.7 Å². The van der Waals surface area contributed by atoms with Crippen LogP contribution in [0.4, 0.5) is 0 Å². The number of carbonyl (C=O) groups is 1. The van der Waals surface area contributed by atoms with Gasteiger partial charge in [-0.25, -0.2) is 4.79 Å². The molecule has 0 amide bonds. The average Bonchev–Trinajstić information content (AvgIpc) is 2.33. The Kier molecular flexibility index (Phi) is 7.88. The number of nitrogens with zero attached hydrogens (tertiary/aromatic N) is 1. The van der Waals surface area contributed by atoms with Crippen LogP contribution >= 0.6 is 0 Å². The maximum atomic E-state index is 11.3. The molecule has 0 aromatic rings. The van der Waals surface area contributed by atoms with Crippen LogP contribution in [-0.2, 0) is 9.53 Å². The molecule has 1 unspecified atom stereocenters. The van der Waals surface area contributed by atoms with Gasteiger partial charge in [-0.2, -0.15) is 0 Å². The van der Waals surface area contributed by atoms with E-state index in [0.717, 1.165) is 30.4 Å². The lowest BCUT2D eigenvalue weighted by molar-refractivity contribution is -0.950. The van der Waals surface area contributed by atoms with E-state index in [1.807, 2.05) is 6.92 Å². The van der Waals surface area contributed by atoms with Gasteiger partial charge in [0.15, 0.2) is 0 Å². The Morgan fingerprint density at radius 3 is 2.12 bits per heavy atom. The van der Waals surface area contributed by atoms with Gasteiger partial charge < -0.3 is 4.74 Å². The summed E-state index contributed by atoms with van der Waals surface area (Å²) in [6.07, 6.45) is 5.80. The zero-order chi connectivity index (χ0) is 13.3. The zero-order valence-corrected chi connectivity index (χ0v) is 11.9. The van der Waals surface area contributed by atoms with Crippen LogP contribution in [-0.4, -0.2) is 36.8 Å². The van der Waals surface area contributed by atoms with Crippen molar-refractivity contribution >= 4 is 5.97 Å². The summed E-state index contributed by atoms with van der Waals surface area (Å²) in [4.78, 5) is 11.3. The van der Waals surface area contributed by atoms with E-state index in [1.165, 1.54) is 18.9 Å². The number of carbonyl (C=O) groups excluding carboxylic acids is 1. The molecule has 0 aromatic heterocycles. The van der Waals surface area contributed by atoms with Crippen LogP contribution < -0.4 is 0 Å². The van der Waals surface area contributed by atoms with Gasteiger partial charge in [-0.1, -0.05) is 33.3 Å². The molecule has 0 aliphatic rings. The highest BCUT2D eigenvalue weighted by molar-refractivity contribution is 5.81. The molecule has 0 rings (SSSR count). The summed E-state index contributed by atoms with van der Waals surface area (Å²) in [6, 6.07) is 0. The molecule has 3 nitrogen and oxygen atoms in total. The first kappa shape index (κ1) is 16.2. The molecule has 0 aliphatic heterocycles. The molecule has 0 N–H and O–H groups in total. The van der Waals surface area contributed by atoms with E-state index in [1.54, 1.807) is 0 Å². The highest BCUT2D eigenvalue weighted by atomic mass is 16.6. The third-order valence-electron chi connectivity index (χ3n) is 3.38. The third kappa shape index (κ3) is 5.87. The molecule has 0 bridgehead atoms. The second-order valence-corrected chi connectivity index (χ2v) is 4.87. The van der Waals surface area contributed by atoms with Gasteiger partial charge in [-0.3, -0.25) is 4.48 Å². The highest BCUT2D eigenvalue weighted by Crippen LogP contribution is 2.16. The normalized spacial score (nSPS) is 13.2. The van der Waals surface area contributed by atoms with Gasteiger partial charge in [0, 0.05) is 13.0 Å². The van der Waals surface area contributed by atoms with E-state index >= 15 is 0 Å². The molecule has 0 spiro atoms. The molecule has 0 saturated carbocycles. The van der Waals surface area contributed by atoms with E-state index in [0.29, 0.717) is 0 Å². The molecule has 3 heteroatoms. The van der Waals surface area contributed by atoms with Crippen molar-refractivity contribution in [1.29, 1.82) is 0 Å². The van der Waals surface area contributed by atoms with Gasteiger partial charge in [-0.05, 0) is 12.8 Å². The first-order valence-corrected chi connectivity index (χ1v) is 6.67. The van der Waals surface area contributed by atoms with Crippen molar-refractivity contribution in [3.05, 3.63) is 12.7 Å². The van der Waals surface area contributed by atoms with Gasteiger partial charge in [0.25, 0.3) is 0 Å². The first-order chi connectivity index (χ1) is 8.00. The van der Waals surface area contributed by atoms with Crippen LogP contribution in [0, 0.1) is 0 Å². The molecule has 1 atom stereocenters. The summed E-state index contributed by atoms with van der Waals surface area (Å²) in [5.74, 6) is -0.324. The number of hydrogen-bond acceptors (Lipinski definition) is 2. The lowest BCUT2D eigenvalue weighted by Gasteiger charge is -2.39. The number of ether oxygens (including phenoxy) is 1. The Labute approximate surface area is 106 Å². The lowest BCUT2D eigenvalue weighted by atomic mass is 10.2. The minimum atomic E-state index is -0.324. The van der Waals surface area contributed by atoms with Crippen molar-refractivity contribution in [3.8, 4) is 0 Å². The van der Waals surface area contributed by atoms with Crippen LogP contribution in [0.5, 0.6) is 0 Å². The molecular weight excluding hydrogens is 214 g/mol. The smallest absolute Gasteiger partial charge is 0.334 e. The minimum absolute atomic E-state index is 0.0985. The molecule has 100 valence electrons. The van der Waals surface area contributed by atoms with E-state index in [4.69, 9.17) is 4.74 Å². The zero-order valence-electron chi connectivity index (χ0n) is 11.9. The van der Waals surface area contributed by atoms with Crippen LogP contribution in [0.1, 0.15) is 46.5 Å². The quantitative estimate of drug-likeness (QED) is 0.269. The second-order valence-electron chi connectivity index (χ2n) is 4.87. The van der Waals surface area contributed by atoms with Crippen LogP contribution in [0.3, 0.4) is 0 Å². The van der Waals surface area contributed by atoms with Crippen molar-refractivity contribution < 1.29 is 14.0 Å². The molecule has 0 aromatic carbocycles. The number of esters is 1.